The third kappa shape index (κ3) is 13.0. The van der Waals surface area contributed by atoms with Gasteiger partial charge in [0, 0.05) is 160 Å². The molecule has 0 bridgehead atoms. The van der Waals surface area contributed by atoms with Crippen LogP contribution in [0.2, 0.25) is 0 Å². The van der Waals surface area contributed by atoms with Gasteiger partial charge in [-0.3, -0.25) is 19.5 Å². The van der Waals surface area contributed by atoms with Crippen LogP contribution in [0.4, 0.5) is 22.0 Å². The number of nitrogens with zero attached hydrogens (tertiary/aromatic N) is 8. The molecule has 5 aliphatic heterocycles. The Morgan fingerprint density at radius 3 is 1.73 bits per heavy atom. The van der Waals surface area contributed by atoms with Gasteiger partial charge in [-0.25, -0.2) is 45.1 Å². The van der Waals surface area contributed by atoms with E-state index in [0.29, 0.717) is 88.1 Å². The summed E-state index contributed by atoms with van der Waals surface area (Å²) in [4.78, 5) is 33.7. The Bertz CT molecular complexity index is 5700. The minimum absolute atomic E-state index is 0.0242. The number of aromatic hydroxyl groups is 1. The highest BCUT2D eigenvalue weighted by Crippen LogP contribution is 2.50. The number of phenolic OH excluding ortho intramolecular Hbond substituents is 1. The first kappa shape index (κ1) is 70.8. The second-order valence-corrected chi connectivity index (χ2v) is 30.0. The van der Waals surface area contributed by atoms with E-state index in [4.69, 9.17) is 14.2 Å². The fourth-order valence-corrected chi connectivity index (χ4v) is 16.1. The van der Waals surface area contributed by atoms with Crippen molar-refractivity contribution in [1.29, 1.82) is 0 Å². The molecule has 10 heterocycles. The van der Waals surface area contributed by atoms with E-state index in [1.807, 2.05) is 36.8 Å². The molecule has 7 aromatic carbocycles. The molecule has 0 radical (unpaired) electrons. The van der Waals surface area contributed by atoms with Crippen LogP contribution >= 0.6 is 0 Å². The number of aromatic nitrogens is 5. The number of sulfone groups is 1. The van der Waals surface area contributed by atoms with E-state index >= 15 is 0 Å². The van der Waals surface area contributed by atoms with Gasteiger partial charge in [-0.05, 0) is 194 Å². The standard InChI is InChI=1S/C28H23F3N2O2.C28H28FN3O3S.C27H22FN3O4/c1-15-21-13-25-22(10-18(21)14-32-15)26(17-11-23(30)28(34)24(31)12-17)27(16-6-8-35-9-7-16)33(25)20-4-2-19(29)3-5-20;1-17-22-13-24-23(12-19(22)15-30-17)26(18-6-11-25(31-14-18)36(5,33)34)27(28(2,3)16-35-4)32(24)21-9-7-20(29)8-10-21;28-20-5-6-23(30-15-20)31-22-12-19-14-29-13-18(19)11-21(22)24(16-1-3-17(4-2-16)26(32)33)25(31)27(34)7-9-35-10-8-27/h2-5,10-13,16,34H,6-9,14H2,1H3;6-14H,15-16H2,1-5H3;1-6,11-12,14-15,34H,7-10,13H2,(H,32,33). The molecule has 2 saturated heterocycles. The summed E-state index contributed by atoms with van der Waals surface area (Å²) in [5.41, 5.74) is 17.8. The van der Waals surface area contributed by atoms with Crippen LogP contribution < -0.4 is 0 Å². The summed E-state index contributed by atoms with van der Waals surface area (Å²) in [5.74, 6) is -4.59. The lowest BCUT2D eigenvalue weighted by Gasteiger charge is -2.34. The number of pyridine rings is 2. The first-order valence-electron chi connectivity index (χ1n) is 34.7. The summed E-state index contributed by atoms with van der Waals surface area (Å²) in [6.45, 7) is 12.3. The van der Waals surface area contributed by atoms with Gasteiger partial charge in [0.2, 0.25) is 0 Å². The number of ether oxygens (including phenoxy) is 3. The van der Waals surface area contributed by atoms with Crippen LogP contribution in [0.25, 0.3) is 83.3 Å². The minimum atomic E-state index is -3.43. The van der Waals surface area contributed by atoms with E-state index in [0.717, 1.165) is 148 Å². The summed E-state index contributed by atoms with van der Waals surface area (Å²) in [6.07, 6.45) is 8.00. The Labute approximate surface area is 607 Å². The highest BCUT2D eigenvalue weighted by atomic mass is 32.2. The molecular formula is C83H73F5N8O9S. The molecule has 0 spiro atoms. The Morgan fingerprint density at radius 2 is 1.16 bits per heavy atom. The lowest BCUT2D eigenvalue weighted by molar-refractivity contribution is -0.0709. The second-order valence-electron chi connectivity index (χ2n) is 28.1. The van der Waals surface area contributed by atoms with Gasteiger partial charge in [-0.2, -0.15) is 0 Å². The number of methoxy groups -OCH3 is 1. The van der Waals surface area contributed by atoms with Crippen LogP contribution in [-0.2, 0) is 54.7 Å². The lowest BCUT2D eigenvalue weighted by Crippen LogP contribution is -2.36. The van der Waals surface area contributed by atoms with Crippen molar-refractivity contribution in [2.75, 3.05) is 46.4 Å². The Kier molecular flexibility index (Phi) is 18.6. The van der Waals surface area contributed by atoms with Crippen molar-refractivity contribution < 1.29 is 64.7 Å². The van der Waals surface area contributed by atoms with E-state index in [2.05, 4.69) is 72.2 Å². The number of hydrogen-bond donors (Lipinski definition) is 3. The molecule has 106 heavy (non-hydrogen) atoms. The zero-order valence-electron chi connectivity index (χ0n) is 58.8. The molecule has 0 aliphatic carbocycles. The molecule has 0 unspecified atom stereocenters. The van der Waals surface area contributed by atoms with E-state index in [-0.39, 0.29) is 28.1 Å². The first-order chi connectivity index (χ1) is 50.9. The molecular weight excluding hydrogens is 1380 g/mol. The van der Waals surface area contributed by atoms with Crippen molar-refractivity contribution in [3.05, 3.63) is 243 Å². The predicted molar refractivity (Wildman–Crippen MR) is 398 cm³/mol. The topological polar surface area (TPSA) is 217 Å². The van der Waals surface area contributed by atoms with Crippen LogP contribution in [0.3, 0.4) is 0 Å². The van der Waals surface area contributed by atoms with E-state index in [1.165, 1.54) is 42.5 Å². The third-order valence-electron chi connectivity index (χ3n) is 20.7. The number of fused-ring (bicyclic) bond motifs is 6. The van der Waals surface area contributed by atoms with Gasteiger partial charge in [0.15, 0.2) is 32.2 Å². The minimum Gasteiger partial charge on any atom is -0.503 e. The highest BCUT2D eigenvalue weighted by Gasteiger charge is 2.41. The van der Waals surface area contributed by atoms with Crippen molar-refractivity contribution in [2.45, 2.75) is 95.0 Å². The number of carboxylic acids is 1. The zero-order valence-corrected chi connectivity index (χ0v) is 59.6. The smallest absolute Gasteiger partial charge is 0.335 e. The molecule has 0 amide bonds. The third-order valence-corrected chi connectivity index (χ3v) is 21.7. The van der Waals surface area contributed by atoms with Gasteiger partial charge in [-0.1, -0.05) is 26.0 Å². The van der Waals surface area contributed by atoms with Gasteiger partial charge >= 0.3 is 5.97 Å². The average molecular weight is 1450 g/mol. The number of aliphatic hydroxyl groups is 1. The number of rotatable bonds is 13. The van der Waals surface area contributed by atoms with Gasteiger partial charge < -0.3 is 38.7 Å². The summed E-state index contributed by atoms with van der Waals surface area (Å²) in [7, 11) is -1.76. The molecule has 0 saturated carbocycles. The Hall–Kier alpha value is -10.8. The van der Waals surface area contributed by atoms with Crippen molar-refractivity contribution >= 4 is 66.2 Å². The SMILES string of the molecule is CC1=NCc2cc3c(-c4cc(F)c(O)c(F)c4)c(C4CCOCC4)n(-c4ccc(F)cc4)c3cc21.COCC(C)(C)c1c(-c2ccc(S(C)(=O)=O)nc2)c2cc3c(cc2n1-c1ccc(F)cc1)C(C)=NC3.O=C(O)c1ccc(-c2c(C3(O)CCOCC3)n(-c3ccc(F)cn3)c3cc4c(cc23)CN=C4)cc1. The monoisotopic (exact) mass is 1450 g/mol. The van der Waals surface area contributed by atoms with Gasteiger partial charge in [0.05, 0.1) is 60.2 Å². The molecule has 2 fully saturated rings. The predicted octanol–water partition coefficient (Wildman–Crippen LogP) is 16.6. The Morgan fingerprint density at radius 1 is 0.613 bits per heavy atom. The van der Waals surface area contributed by atoms with Crippen LogP contribution in [0.15, 0.2) is 178 Å². The van der Waals surface area contributed by atoms with Crippen LogP contribution in [0.5, 0.6) is 5.75 Å². The molecule has 0 atom stereocenters. The fraction of sp³-hybridized carbons (Fsp3) is 0.253. The van der Waals surface area contributed by atoms with Gasteiger partial charge in [0.1, 0.15) is 28.9 Å². The summed E-state index contributed by atoms with van der Waals surface area (Å²) < 4.78 is 118. The van der Waals surface area contributed by atoms with E-state index in [9.17, 15) is 50.5 Å². The summed E-state index contributed by atoms with van der Waals surface area (Å²) >= 11 is 0. The van der Waals surface area contributed by atoms with Crippen LogP contribution in [-0.4, -0.2) is 117 Å². The maximum absolute atomic E-state index is 14.6. The van der Waals surface area contributed by atoms with E-state index < -0.39 is 50.0 Å². The number of aliphatic imine (C=N–C) groups is 3. The number of carboxylic acid groups (broad SMARTS) is 1. The lowest BCUT2D eigenvalue weighted by atomic mass is 9.85. The fourth-order valence-electron chi connectivity index (χ4n) is 15.6. The van der Waals surface area contributed by atoms with Crippen LogP contribution in [0, 0.1) is 29.1 Å². The number of hydrogen-bond acceptors (Lipinski definition) is 13. The molecule has 17 rings (SSSR count). The maximum Gasteiger partial charge on any atom is 0.335 e. The van der Waals surface area contributed by atoms with Crippen molar-refractivity contribution in [3.8, 4) is 56.3 Å². The largest absolute Gasteiger partial charge is 0.503 e. The number of phenols is 1. The van der Waals surface area contributed by atoms with Gasteiger partial charge in [0.25, 0.3) is 0 Å². The molecule has 17 nitrogen and oxygen atoms in total. The quantitative estimate of drug-likeness (QED) is 0.0922. The molecule has 540 valence electrons. The van der Waals surface area contributed by atoms with E-state index in [1.54, 1.807) is 80.0 Å². The normalized spacial score (nSPS) is 15.4. The van der Waals surface area contributed by atoms with Crippen molar-refractivity contribution in [3.63, 3.8) is 0 Å². The van der Waals surface area contributed by atoms with Crippen LogP contribution in [0.1, 0.15) is 120 Å². The first-order valence-corrected chi connectivity index (χ1v) is 36.6. The number of halogens is 5. The number of carbonyl (C=O) groups is 1. The summed E-state index contributed by atoms with van der Waals surface area (Å²) in [5, 5.41) is 33.9. The molecule has 5 aliphatic rings. The number of aromatic carboxylic acids is 1. The zero-order chi connectivity index (χ0) is 74.3. The van der Waals surface area contributed by atoms with Gasteiger partial charge in [-0.15, -0.1) is 0 Å². The molecule has 23 heteroatoms. The molecule has 12 aromatic rings. The number of benzene rings is 7. The van der Waals surface area contributed by atoms with Crippen molar-refractivity contribution in [2.24, 2.45) is 15.0 Å². The summed E-state index contributed by atoms with van der Waals surface area (Å²) in [6, 6.07) is 40.5. The average Bonchev–Trinajstić information content (AvgIpc) is 1.59. The highest BCUT2D eigenvalue weighted by molar-refractivity contribution is 7.90. The Balaban J connectivity index is 0.000000127. The molecule has 5 aromatic heterocycles. The maximum atomic E-state index is 14.6. The second kappa shape index (κ2) is 27.9. The molecule has 3 N–H and O–H groups in total. The van der Waals surface area contributed by atoms with Crippen molar-refractivity contribution in [1.82, 2.24) is 23.7 Å².